The molecule has 0 aliphatic heterocycles. The summed E-state index contributed by atoms with van der Waals surface area (Å²) in [5, 5.41) is 6.78. The van der Waals surface area contributed by atoms with Crippen molar-refractivity contribution in [2.75, 3.05) is 33.8 Å². The fourth-order valence-corrected chi connectivity index (χ4v) is 2.95. The van der Waals surface area contributed by atoms with Crippen LogP contribution in [-0.4, -0.2) is 56.7 Å². The van der Waals surface area contributed by atoms with Crippen LogP contribution in [0.1, 0.15) is 37.8 Å². The molecule has 1 aromatic rings. The summed E-state index contributed by atoms with van der Waals surface area (Å²) in [4.78, 5) is 7.21. The summed E-state index contributed by atoms with van der Waals surface area (Å²) in [6.45, 7) is 8.98. The Morgan fingerprint density at radius 1 is 1.36 bits per heavy atom. The molecule has 5 nitrogen and oxygen atoms in total. The Morgan fingerprint density at radius 3 is 2.76 bits per heavy atom. The fourth-order valence-electron chi connectivity index (χ4n) is 2.95. The van der Waals surface area contributed by atoms with Crippen molar-refractivity contribution < 1.29 is 4.74 Å². The Kier molecular flexibility index (Phi) is 7.56. The Balaban J connectivity index is 1.86. The van der Waals surface area contributed by atoms with Crippen molar-refractivity contribution in [2.45, 2.75) is 52.1 Å². The summed E-state index contributed by atoms with van der Waals surface area (Å²) in [5.74, 6) is 1.85. The third kappa shape index (κ3) is 6.24. The van der Waals surface area contributed by atoms with Crippen LogP contribution >= 0.6 is 0 Å². The number of aryl methyl sites for hydroxylation is 1. The molecule has 2 rings (SSSR count). The smallest absolute Gasteiger partial charge is 0.191 e. The molecule has 1 aliphatic carbocycles. The van der Waals surface area contributed by atoms with Crippen LogP contribution in [0.4, 0.5) is 0 Å². The van der Waals surface area contributed by atoms with Gasteiger partial charge in [-0.3, -0.25) is 9.89 Å². The van der Waals surface area contributed by atoms with Crippen LogP contribution in [0.2, 0.25) is 0 Å². The van der Waals surface area contributed by atoms with E-state index in [0.717, 1.165) is 43.8 Å². The zero-order chi connectivity index (χ0) is 18.2. The summed E-state index contributed by atoms with van der Waals surface area (Å²) < 4.78 is 5.46. The lowest BCUT2D eigenvalue weighted by atomic mass is 10.1. The maximum Gasteiger partial charge on any atom is 0.191 e. The summed E-state index contributed by atoms with van der Waals surface area (Å²) in [6.07, 6.45) is 3.58. The van der Waals surface area contributed by atoms with Gasteiger partial charge in [0.15, 0.2) is 5.96 Å². The average molecular weight is 347 g/mol. The quantitative estimate of drug-likeness (QED) is 0.533. The van der Waals surface area contributed by atoms with E-state index in [2.05, 4.69) is 55.5 Å². The fraction of sp³-hybridized carbons (Fsp3) is 0.650. The van der Waals surface area contributed by atoms with Crippen LogP contribution in [0.3, 0.4) is 0 Å². The summed E-state index contributed by atoms with van der Waals surface area (Å²) in [6, 6.07) is 7.56. The molecule has 0 radical (unpaired) electrons. The van der Waals surface area contributed by atoms with Crippen LogP contribution in [0.5, 0.6) is 5.75 Å². The highest BCUT2D eigenvalue weighted by Gasteiger charge is 2.28. The predicted molar refractivity (Wildman–Crippen MR) is 106 cm³/mol. The Hall–Kier alpha value is -1.75. The number of rotatable bonds is 9. The first-order valence-electron chi connectivity index (χ1n) is 9.42. The first kappa shape index (κ1) is 19.6. The maximum absolute atomic E-state index is 5.46. The van der Waals surface area contributed by atoms with Crippen LogP contribution < -0.4 is 15.4 Å². The van der Waals surface area contributed by atoms with Crippen molar-refractivity contribution in [1.29, 1.82) is 0 Å². The largest absolute Gasteiger partial charge is 0.496 e. The van der Waals surface area contributed by atoms with Gasteiger partial charge < -0.3 is 15.4 Å². The van der Waals surface area contributed by atoms with E-state index in [4.69, 9.17) is 9.73 Å². The number of aliphatic imine (C=N–C) groups is 1. The average Bonchev–Trinajstić information content (AvgIpc) is 3.44. The molecular weight excluding hydrogens is 312 g/mol. The number of nitrogens with one attached hydrogen (secondary N) is 2. The molecule has 1 aromatic carbocycles. The van der Waals surface area contributed by atoms with Gasteiger partial charge in [-0.05, 0) is 58.7 Å². The standard InChI is InChI=1S/C20H34N4O/c1-6-21-20(23-14-16(3)24(4)18-8-9-18)22-12-11-17-13-15(2)7-10-19(17)25-5/h7,10,13,16,18H,6,8-9,11-12,14H2,1-5H3,(H2,21,22,23). The molecule has 2 N–H and O–H groups in total. The van der Waals surface area contributed by atoms with E-state index >= 15 is 0 Å². The third-order valence-corrected chi connectivity index (χ3v) is 4.80. The van der Waals surface area contributed by atoms with Gasteiger partial charge in [-0.15, -0.1) is 0 Å². The molecule has 1 saturated carbocycles. The molecule has 0 spiro atoms. The second-order valence-corrected chi connectivity index (χ2v) is 6.96. The highest BCUT2D eigenvalue weighted by molar-refractivity contribution is 5.79. The van der Waals surface area contributed by atoms with Gasteiger partial charge in [0.1, 0.15) is 5.75 Å². The van der Waals surface area contributed by atoms with Gasteiger partial charge in [-0.1, -0.05) is 17.7 Å². The number of benzene rings is 1. The zero-order valence-corrected chi connectivity index (χ0v) is 16.4. The molecule has 25 heavy (non-hydrogen) atoms. The lowest BCUT2D eigenvalue weighted by Gasteiger charge is -2.23. The minimum absolute atomic E-state index is 0.472. The van der Waals surface area contributed by atoms with E-state index in [-0.39, 0.29) is 0 Å². The number of hydrogen-bond donors (Lipinski definition) is 2. The first-order chi connectivity index (χ1) is 12.0. The Labute approximate surface area is 152 Å². The van der Waals surface area contributed by atoms with Crippen LogP contribution in [0.25, 0.3) is 0 Å². The number of likely N-dealkylation sites (N-methyl/N-ethyl adjacent to an activating group) is 1. The van der Waals surface area contributed by atoms with Crippen molar-refractivity contribution in [1.82, 2.24) is 15.5 Å². The number of ether oxygens (including phenoxy) is 1. The molecular formula is C20H34N4O. The van der Waals surface area contributed by atoms with Gasteiger partial charge >= 0.3 is 0 Å². The van der Waals surface area contributed by atoms with Gasteiger partial charge in [0, 0.05) is 25.2 Å². The van der Waals surface area contributed by atoms with Crippen molar-refractivity contribution in [3.05, 3.63) is 29.3 Å². The number of methoxy groups -OCH3 is 1. The minimum Gasteiger partial charge on any atom is -0.496 e. The number of hydrogen-bond acceptors (Lipinski definition) is 3. The van der Waals surface area contributed by atoms with Crippen molar-refractivity contribution in [3.8, 4) is 5.75 Å². The molecule has 0 bridgehead atoms. The molecule has 1 atom stereocenters. The Morgan fingerprint density at radius 2 is 2.12 bits per heavy atom. The predicted octanol–water partition coefficient (Wildman–Crippen LogP) is 2.58. The molecule has 0 heterocycles. The second kappa shape index (κ2) is 9.66. The maximum atomic E-state index is 5.46. The normalized spacial score (nSPS) is 16.0. The van der Waals surface area contributed by atoms with E-state index in [1.54, 1.807) is 7.11 Å². The van der Waals surface area contributed by atoms with E-state index < -0.39 is 0 Å². The van der Waals surface area contributed by atoms with Gasteiger partial charge in [0.2, 0.25) is 0 Å². The van der Waals surface area contributed by atoms with Crippen molar-refractivity contribution in [2.24, 2.45) is 4.99 Å². The topological polar surface area (TPSA) is 48.9 Å². The second-order valence-electron chi connectivity index (χ2n) is 6.96. The molecule has 1 fully saturated rings. The summed E-state index contributed by atoms with van der Waals surface area (Å²) in [7, 11) is 3.94. The van der Waals surface area contributed by atoms with Crippen LogP contribution in [0, 0.1) is 6.92 Å². The molecule has 1 unspecified atom stereocenters. The monoisotopic (exact) mass is 346 g/mol. The third-order valence-electron chi connectivity index (χ3n) is 4.80. The SMILES string of the molecule is CCNC(=NCC(C)N(C)C1CC1)NCCc1cc(C)ccc1OC. The number of guanidine groups is 1. The van der Waals surface area contributed by atoms with E-state index in [1.165, 1.54) is 24.0 Å². The van der Waals surface area contributed by atoms with E-state index in [1.807, 2.05) is 6.07 Å². The molecule has 140 valence electrons. The number of nitrogens with zero attached hydrogens (tertiary/aromatic N) is 2. The lowest BCUT2D eigenvalue weighted by Crippen LogP contribution is -2.40. The molecule has 1 aliphatic rings. The van der Waals surface area contributed by atoms with Crippen molar-refractivity contribution >= 4 is 5.96 Å². The molecule has 0 saturated heterocycles. The Bertz CT molecular complexity index is 569. The highest BCUT2D eigenvalue weighted by atomic mass is 16.5. The first-order valence-corrected chi connectivity index (χ1v) is 9.42. The minimum atomic E-state index is 0.472. The van der Waals surface area contributed by atoms with E-state index in [0.29, 0.717) is 6.04 Å². The van der Waals surface area contributed by atoms with E-state index in [9.17, 15) is 0 Å². The van der Waals surface area contributed by atoms with Gasteiger partial charge in [-0.25, -0.2) is 0 Å². The van der Waals surface area contributed by atoms with Crippen molar-refractivity contribution in [3.63, 3.8) is 0 Å². The highest BCUT2D eigenvalue weighted by Crippen LogP contribution is 2.26. The lowest BCUT2D eigenvalue weighted by molar-refractivity contribution is 0.253. The van der Waals surface area contributed by atoms with Crippen LogP contribution in [-0.2, 0) is 6.42 Å². The summed E-state index contributed by atoms with van der Waals surface area (Å²) >= 11 is 0. The van der Waals surface area contributed by atoms with Gasteiger partial charge in [0.05, 0.1) is 13.7 Å². The van der Waals surface area contributed by atoms with Gasteiger partial charge in [0.25, 0.3) is 0 Å². The molecule has 0 aromatic heterocycles. The van der Waals surface area contributed by atoms with Crippen LogP contribution in [0.15, 0.2) is 23.2 Å². The molecule has 0 amide bonds. The zero-order valence-electron chi connectivity index (χ0n) is 16.4. The van der Waals surface area contributed by atoms with Gasteiger partial charge in [-0.2, -0.15) is 0 Å². The summed E-state index contributed by atoms with van der Waals surface area (Å²) in [5.41, 5.74) is 2.49. The molecule has 5 heteroatoms.